The van der Waals surface area contributed by atoms with Gasteiger partial charge < -0.3 is 14.2 Å². The summed E-state index contributed by atoms with van der Waals surface area (Å²) in [6.45, 7) is 6.35. The molecule has 1 aliphatic heterocycles. The van der Waals surface area contributed by atoms with E-state index in [-0.39, 0.29) is 17.7 Å². The summed E-state index contributed by atoms with van der Waals surface area (Å²) in [7, 11) is 0. The molecule has 0 bridgehead atoms. The van der Waals surface area contributed by atoms with Crippen LogP contribution in [0.1, 0.15) is 38.3 Å². The number of carbonyl (C=O) groups is 1. The van der Waals surface area contributed by atoms with Crippen LogP contribution in [0.25, 0.3) is 6.08 Å². The maximum absolute atomic E-state index is 12.2. The minimum atomic E-state index is -0.507. The van der Waals surface area contributed by atoms with Crippen LogP contribution in [0.2, 0.25) is 5.02 Å². The topological polar surface area (TPSA) is 57.1 Å². The molecule has 5 nitrogen and oxygen atoms in total. The van der Waals surface area contributed by atoms with Crippen molar-refractivity contribution in [2.45, 2.75) is 33.3 Å². The zero-order valence-electron chi connectivity index (χ0n) is 16.1. The number of hydrogen-bond donors (Lipinski definition) is 0. The highest BCUT2D eigenvalue weighted by Crippen LogP contribution is 2.38. The van der Waals surface area contributed by atoms with Crippen molar-refractivity contribution in [3.63, 3.8) is 0 Å². The van der Waals surface area contributed by atoms with Crippen molar-refractivity contribution >= 4 is 29.5 Å². The molecule has 0 N–H and O–H groups in total. The Hall–Kier alpha value is -2.79. The number of benzene rings is 2. The molecule has 146 valence electrons. The lowest BCUT2D eigenvalue weighted by Gasteiger charge is -2.18. The Balaban J connectivity index is 1.95. The number of cyclic esters (lactones) is 1. The van der Waals surface area contributed by atoms with Crippen LogP contribution in [0.15, 0.2) is 53.2 Å². The molecule has 0 saturated carbocycles. The van der Waals surface area contributed by atoms with Gasteiger partial charge in [0.2, 0.25) is 5.90 Å². The second-order valence-electron chi connectivity index (χ2n) is 6.30. The molecule has 0 saturated heterocycles. The van der Waals surface area contributed by atoms with Crippen molar-refractivity contribution in [2.75, 3.05) is 6.61 Å². The van der Waals surface area contributed by atoms with Gasteiger partial charge in [0.05, 0.1) is 17.7 Å². The Kier molecular flexibility index (Phi) is 6.37. The summed E-state index contributed by atoms with van der Waals surface area (Å²) >= 11 is 6.43. The molecule has 1 unspecified atom stereocenters. The van der Waals surface area contributed by atoms with Gasteiger partial charge in [-0.3, -0.25) is 0 Å². The van der Waals surface area contributed by atoms with Gasteiger partial charge in [-0.1, -0.05) is 36.7 Å². The predicted molar refractivity (Wildman–Crippen MR) is 110 cm³/mol. The van der Waals surface area contributed by atoms with Crippen LogP contribution in [-0.4, -0.2) is 24.6 Å². The van der Waals surface area contributed by atoms with E-state index < -0.39 is 5.97 Å². The smallest absolute Gasteiger partial charge is 0.363 e. The van der Waals surface area contributed by atoms with Gasteiger partial charge in [0.1, 0.15) is 0 Å². The van der Waals surface area contributed by atoms with E-state index >= 15 is 0 Å². The molecule has 3 rings (SSSR count). The number of aliphatic imine (C=N–C) groups is 1. The highest BCUT2D eigenvalue weighted by Gasteiger charge is 2.24. The molecule has 2 aromatic carbocycles. The zero-order valence-corrected chi connectivity index (χ0v) is 16.8. The fourth-order valence-electron chi connectivity index (χ4n) is 2.60. The normalized spacial score (nSPS) is 15.9. The van der Waals surface area contributed by atoms with Gasteiger partial charge >= 0.3 is 5.97 Å². The molecule has 1 heterocycles. The summed E-state index contributed by atoms with van der Waals surface area (Å²) < 4.78 is 16.9. The summed E-state index contributed by atoms with van der Waals surface area (Å²) in [5.41, 5.74) is 1.62. The minimum Gasteiger partial charge on any atom is -0.490 e. The second-order valence-corrected chi connectivity index (χ2v) is 6.71. The molecule has 6 heteroatoms. The van der Waals surface area contributed by atoms with Crippen LogP contribution in [0.4, 0.5) is 0 Å². The lowest BCUT2D eigenvalue weighted by Crippen LogP contribution is -2.11. The van der Waals surface area contributed by atoms with Crippen LogP contribution in [0, 0.1) is 0 Å². The number of esters is 1. The molecule has 0 aliphatic carbocycles. The van der Waals surface area contributed by atoms with Gasteiger partial charge in [-0.15, -0.1) is 0 Å². The molecule has 28 heavy (non-hydrogen) atoms. The SMILES string of the molecule is CCOc1cc(/C=C2\N=C(c3ccccc3)OC2=O)cc(Cl)c1OC(C)CC. The molecular formula is C22H22ClNO4. The number of hydrogen-bond acceptors (Lipinski definition) is 5. The van der Waals surface area contributed by atoms with Crippen molar-refractivity contribution in [3.05, 3.63) is 64.3 Å². The Labute approximate surface area is 169 Å². The lowest BCUT2D eigenvalue weighted by atomic mass is 10.1. The first-order valence-corrected chi connectivity index (χ1v) is 9.60. The molecule has 2 aromatic rings. The molecule has 1 atom stereocenters. The molecule has 1 aliphatic rings. The maximum atomic E-state index is 12.2. The van der Waals surface area contributed by atoms with Crippen molar-refractivity contribution in [2.24, 2.45) is 4.99 Å². The van der Waals surface area contributed by atoms with Gasteiger partial charge in [-0.05, 0) is 56.2 Å². The fraction of sp³-hybridized carbons (Fsp3) is 0.273. The third kappa shape index (κ3) is 4.54. The fourth-order valence-corrected chi connectivity index (χ4v) is 2.87. The first-order valence-electron chi connectivity index (χ1n) is 9.22. The minimum absolute atomic E-state index is 0.00347. The number of ether oxygens (including phenoxy) is 3. The average Bonchev–Trinajstić information content (AvgIpc) is 3.05. The number of carbonyl (C=O) groups excluding carboxylic acids is 1. The van der Waals surface area contributed by atoms with E-state index in [1.807, 2.05) is 51.1 Å². The molecule has 0 aromatic heterocycles. The Morgan fingerprint density at radius 1 is 1.21 bits per heavy atom. The van der Waals surface area contributed by atoms with Gasteiger partial charge in [-0.2, -0.15) is 0 Å². The highest BCUT2D eigenvalue weighted by atomic mass is 35.5. The summed E-state index contributed by atoms with van der Waals surface area (Å²) in [5, 5.41) is 0.414. The predicted octanol–water partition coefficient (Wildman–Crippen LogP) is 5.26. The van der Waals surface area contributed by atoms with Crippen LogP contribution < -0.4 is 9.47 Å². The highest BCUT2D eigenvalue weighted by molar-refractivity contribution is 6.32. The van der Waals surface area contributed by atoms with Gasteiger partial charge in [0.25, 0.3) is 0 Å². The van der Waals surface area contributed by atoms with Gasteiger partial charge in [-0.25, -0.2) is 9.79 Å². The Morgan fingerprint density at radius 2 is 1.96 bits per heavy atom. The zero-order chi connectivity index (χ0) is 20.1. The third-order valence-corrected chi connectivity index (χ3v) is 4.45. The van der Waals surface area contributed by atoms with Crippen molar-refractivity contribution in [1.29, 1.82) is 0 Å². The molecule has 0 spiro atoms. The lowest BCUT2D eigenvalue weighted by molar-refractivity contribution is -0.129. The van der Waals surface area contributed by atoms with Crippen LogP contribution in [0.3, 0.4) is 0 Å². The van der Waals surface area contributed by atoms with E-state index in [9.17, 15) is 4.79 Å². The van der Waals surface area contributed by atoms with Crippen LogP contribution >= 0.6 is 11.6 Å². The number of rotatable bonds is 7. The standard InChI is InChI=1S/C22H22ClNO4/c1-4-14(3)27-20-17(23)11-15(13-19(20)26-5-2)12-18-22(25)28-21(24-18)16-9-7-6-8-10-16/h6-14H,4-5H2,1-3H3/b18-12-. The van der Waals surface area contributed by atoms with Gasteiger partial charge in [0.15, 0.2) is 17.2 Å². The Bertz CT molecular complexity index is 922. The average molecular weight is 400 g/mol. The number of halogens is 1. The van der Waals surface area contributed by atoms with E-state index in [1.54, 1.807) is 18.2 Å². The van der Waals surface area contributed by atoms with Crippen molar-refractivity contribution in [1.82, 2.24) is 0 Å². The van der Waals surface area contributed by atoms with E-state index in [0.717, 1.165) is 12.0 Å². The number of nitrogens with zero attached hydrogens (tertiary/aromatic N) is 1. The first kappa shape index (κ1) is 20.0. The first-order chi connectivity index (χ1) is 13.5. The molecule has 0 radical (unpaired) electrons. The van der Waals surface area contributed by atoms with Crippen LogP contribution in [0.5, 0.6) is 11.5 Å². The quantitative estimate of drug-likeness (QED) is 0.470. The maximum Gasteiger partial charge on any atom is 0.363 e. The van der Waals surface area contributed by atoms with E-state index in [1.165, 1.54) is 0 Å². The molecule has 0 fully saturated rings. The van der Waals surface area contributed by atoms with Crippen molar-refractivity contribution in [3.8, 4) is 11.5 Å². The largest absolute Gasteiger partial charge is 0.490 e. The monoisotopic (exact) mass is 399 g/mol. The molecular weight excluding hydrogens is 378 g/mol. The third-order valence-electron chi connectivity index (χ3n) is 4.17. The second kappa shape index (κ2) is 8.93. The van der Waals surface area contributed by atoms with Crippen molar-refractivity contribution < 1.29 is 19.0 Å². The summed E-state index contributed by atoms with van der Waals surface area (Å²) in [4.78, 5) is 16.5. The van der Waals surface area contributed by atoms with E-state index in [4.69, 9.17) is 25.8 Å². The summed E-state index contributed by atoms with van der Waals surface area (Å²) in [6, 6.07) is 12.8. The Morgan fingerprint density at radius 3 is 2.64 bits per heavy atom. The van der Waals surface area contributed by atoms with Gasteiger partial charge in [0, 0.05) is 5.56 Å². The van der Waals surface area contributed by atoms with E-state index in [2.05, 4.69) is 4.99 Å². The van der Waals surface area contributed by atoms with E-state index in [0.29, 0.717) is 28.7 Å². The summed E-state index contributed by atoms with van der Waals surface area (Å²) in [6.07, 6.45) is 2.47. The van der Waals surface area contributed by atoms with Crippen LogP contribution in [-0.2, 0) is 9.53 Å². The summed E-state index contributed by atoms with van der Waals surface area (Å²) in [5.74, 6) is 0.806. The molecule has 0 amide bonds.